The van der Waals surface area contributed by atoms with E-state index in [0.717, 1.165) is 88.4 Å². The summed E-state index contributed by atoms with van der Waals surface area (Å²) in [6.07, 6.45) is 9.66. The first-order valence-corrected chi connectivity index (χ1v) is 19.8. The third-order valence-electron chi connectivity index (χ3n) is 9.02. The van der Waals surface area contributed by atoms with Crippen molar-refractivity contribution in [3.63, 3.8) is 0 Å². The second-order valence-corrected chi connectivity index (χ2v) is 14.1. The molecule has 4 saturated heterocycles. The van der Waals surface area contributed by atoms with E-state index in [1.54, 1.807) is 0 Å². The van der Waals surface area contributed by atoms with Crippen molar-refractivity contribution < 1.29 is 33.4 Å². The number of carbonyl (C=O) groups is 3. The number of piperidine rings is 2. The van der Waals surface area contributed by atoms with E-state index in [1.165, 1.54) is 24.8 Å². The number of halogens is 2. The number of nitrogens with zero attached hydrogens (tertiary/aromatic N) is 1. The van der Waals surface area contributed by atoms with Gasteiger partial charge in [-0.2, -0.15) is 9.59 Å². The van der Waals surface area contributed by atoms with Crippen LogP contribution in [0.1, 0.15) is 76.3 Å². The Bertz CT molecular complexity index is 1350. The number of urea groups is 2. The maximum atomic E-state index is 12.5. The zero-order chi connectivity index (χ0) is 39.4. The van der Waals surface area contributed by atoms with Crippen LogP contribution in [0.2, 0.25) is 0 Å². The van der Waals surface area contributed by atoms with Crippen molar-refractivity contribution in [2.24, 2.45) is 5.92 Å². The monoisotopic (exact) mass is 819 g/mol. The Kier molecular flexibility index (Phi) is 30.3. The van der Waals surface area contributed by atoms with Crippen LogP contribution in [0.4, 0.5) is 21.0 Å². The summed E-state index contributed by atoms with van der Waals surface area (Å²) in [6.45, 7) is 10.7. The number of anilines is 2. The van der Waals surface area contributed by atoms with E-state index in [1.807, 2.05) is 67.3 Å². The lowest BCUT2D eigenvalue weighted by atomic mass is 9.98. The molecule has 4 aliphatic rings. The maximum Gasteiger partial charge on any atom is 0.373 e. The van der Waals surface area contributed by atoms with E-state index in [4.69, 9.17) is 42.3 Å². The molecule has 311 valence electrons. The Morgan fingerprint density at radius 1 is 0.714 bits per heavy atom. The molecule has 0 aliphatic carbocycles. The minimum atomic E-state index is -0.186. The number of alkyl halides is 2. The van der Waals surface area contributed by atoms with E-state index in [0.29, 0.717) is 25.7 Å². The fourth-order valence-electron chi connectivity index (χ4n) is 6.07. The van der Waals surface area contributed by atoms with E-state index in [9.17, 15) is 14.4 Å². The van der Waals surface area contributed by atoms with Gasteiger partial charge in [-0.1, -0.05) is 42.8 Å². The number of benzene rings is 2. The average Bonchev–Trinajstić information content (AvgIpc) is 3.19. The highest BCUT2D eigenvalue weighted by Crippen LogP contribution is 2.20. The van der Waals surface area contributed by atoms with Crippen LogP contribution in [-0.2, 0) is 23.9 Å². The van der Waals surface area contributed by atoms with Gasteiger partial charge in [0.2, 0.25) is 5.91 Å². The standard InChI is InChI=1S/C19H27N3O3.C13H19N3O.C5H10O.CH2Cl2.CO2.CH4.B/c1-14-4-6-16(7-5-14)20-19(24)21-17-8-10-22(11-9-17)18(23)15-3-2-12-25-13-15;1-10-2-4-11(5-3-10)15-13(17)16-12-6-8-14-9-7-12;1-2-4-6-5-3-1;2*2-1-3;;/h4-7,15,17H,2-3,8-13H2,1H3,(H2,20,21,24);2-5,12,14H,6-9H2,1H3,(H2,15,16,17);1-5H2;1H2;;1H4;. The lowest BCUT2D eigenvalue weighted by Crippen LogP contribution is -2.49. The summed E-state index contributed by atoms with van der Waals surface area (Å²) in [5.74, 6) is 0.227. The molecule has 5 N–H and O–H groups in total. The molecule has 0 bridgehead atoms. The Morgan fingerprint density at radius 3 is 1.52 bits per heavy atom. The quantitative estimate of drug-likeness (QED) is 0.165. The van der Waals surface area contributed by atoms with Crippen molar-refractivity contribution in [2.75, 3.05) is 68.6 Å². The molecule has 0 spiro atoms. The molecule has 3 radical (unpaired) electrons. The fourth-order valence-corrected chi connectivity index (χ4v) is 6.07. The van der Waals surface area contributed by atoms with Gasteiger partial charge in [0.05, 0.1) is 17.9 Å². The fraction of sp³-hybridized carbons (Fsp3) is 0.600. The van der Waals surface area contributed by atoms with Crippen molar-refractivity contribution in [1.29, 1.82) is 0 Å². The minimum Gasteiger partial charge on any atom is -0.381 e. The minimum absolute atomic E-state index is 0. The normalized spacial score (nSPS) is 17.7. The molecule has 2 aromatic rings. The number of carbonyl (C=O) groups excluding carboxylic acids is 5. The highest BCUT2D eigenvalue weighted by molar-refractivity contribution is 6.40. The van der Waals surface area contributed by atoms with Gasteiger partial charge < -0.3 is 41.0 Å². The molecular formula is C40H62BCl2N6O7. The van der Waals surface area contributed by atoms with Crippen molar-refractivity contribution in [3.8, 4) is 0 Å². The number of ether oxygens (including phenoxy) is 2. The highest BCUT2D eigenvalue weighted by Gasteiger charge is 2.30. The third-order valence-corrected chi connectivity index (χ3v) is 9.02. The summed E-state index contributed by atoms with van der Waals surface area (Å²) in [4.78, 5) is 54.5. The van der Waals surface area contributed by atoms with E-state index >= 15 is 0 Å². The topological polar surface area (TPSA) is 167 Å². The average molecular weight is 821 g/mol. The molecule has 56 heavy (non-hydrogen) atoms. The number of rotatable bonds is 5. The van der Waals surface area contributed by atoms with Gasteiger partial charge >= 0.3 is 18.2 Å². The second-order valence-electron chi connectivity index (χ2n) is 13.3. The van der Waals surface area contributed by atoms with Crippen molar-refractivity contribution in [1.82, 2.24) is 20.9 Å². The SMILES string of the molecule is C.C1CCOCC1.Cc1ccc(NC(=O)NC2CCN(C(=O)C3CCCOC3)CC2)cc1.Cc1ccc(NC(=O)NC2CCNCC2)cc1.ClCCl.O=C=O.[B]. The van der Waals surface area contributed by atoms with E-state index in [2.05, 4.69) is 26.6 Å². The molecule has 16 heteroatoms. The molecule has 0 aromatic heterocycles. The van der Waals surface area contributed by atoms with Crippen LogP contribution in [0.5, 0.6) is 0 Å². The number of aryl methyl sites for hydroxylation is 2. The smallest absolute Gasteiger partial charge is 0.373 e. The molecule has 5 amide bonds. The van der Waals surface area contributed by atoms with Gasteiger partial charge in [0, 0.05) is 64.8 Å². The first-order chi connectivity index (χ1) is 26.2. The zero-order valence-corrected chi connectivity index (χ0v) is 33.7. The summed E-state index contributed by atoms with van der Waals surface area (Å²) in [5.41, 5.74) is 3.97. The molecule has 2 aromatic carbocycles. The van der Waals surface area contributed by atoms with Crippen LogP contribution < -0.4 is 26.6 Å². The van der Waals surface area contributed by atoms with Crippen LogP contribution in [0.3, 0.4) is 0 Å². The molecule has 1 atom stereocenters. The van der Waals surface area contributed by atoms with Crippen molar-refractivity contribution >= 4 is 67.1 Å². The van der Waals surface area contributed by atoms with Crippen molar-refractivity contribution in [2.45, 2.75) is 91.1 Å². The Balaban J connectivity index is 0.000000840. The van der Waals surface area contributed by atoms with Crippen LogP contribution in [-0.4, -0.2) is 107 Å². The molecule has 4 heterocycles. The summed E-state index contributed by atoms with van der Waals surface area (Å²) < 4.78 is 10.5. The highest BCUT2D eigenvalue weighted by atomic mass is 35.5. The lowest BCUT2D eigenvalue weighted by molar-refractivity contribution is -0.191. The first kappa shape index (κ1) is 52.4. The first-order valence-electron chi connectivity index (χ1n) is 18.7. The van der Waals surface area contributed by atoms with Gasteiger partial charge in [0.1, 0.15) is 0 Å². The summed E-state index contributed by atoms with van der Waals surface area (Å²) in [6, 6.07) is 15.6. The molecule has 6 rings (SSSR count). The Morgan fingerprint density at radius 2 is 1.14 bits per heavy atom. The maximum absolute atomic E-state index is 12.5. The van der Waals surface area contributed by atoms with E-state index < -0.39 is 0 Å². The number of amides is 5. The van der Waals surface area contributed by atoms with E-state index in [-0.39, 0.29) is 57.3 Å². The lowest BCUT2D eigenvalue weighted by Gasteiger charge is -2.35. The van der Waals surface area contributed by atoms with Gasteiger partial charge in [-0.15, -0.1) is 23.2 Å². The largest absolute Gasteiger partial charge is 0.381 e. The van der Waals surface area contributed by atoms with Gasteiger partial charge in [-0.25, -0.2) is 9.59 Å². The Labute approximate surface area is 345 Å². The summed E-state index contributed by atoms with van der Waals surface area (Å²) in [5, 5.41) is 15.2. The third kappa shape index (κ3) is 23.4. The predicted octanol–water partition coefficient (Wildman–Crippen LogP) is 6.68. The molecule has 4 fully saturated rings. The summed E-state index contributed by atoms with van der Waals surface area (Å²) >= 11 is 9.53. The predicted molar refractivity (Wildman–Crippen MR) is 224 cm³/mol. The molecule has 1 unspecified atom stereocenters. The van der Waals surface area contributed by atoms with Gasteiger partial charge in [0.25, 0.3) is 0 Å². The van der Waals surface area contributed by atoms with Crippen LogP contribution in [0.15, 0.2) is 48.5 Å². The molecular weight excluding hydrogens is 758 g/mol. The van der Waals surface area contributed by atoms with Crippen molar-refractivity contribution in [3.05, 3.63) is 59.7 Å². The summed E-state index contributed by atoms with van der Waals surface area (Å²) in [7, 11) is 0. The van der Waals surface area contributed by atoms with Crippen LogP contribution in [0.25, 0.3) is 0 Å². The zero-order valence-electron chi connectivity index (χ0n) is 32.2. The number of nitrogens with one attached hydrogen (secondary N) is 5. The van der Waals surface area contributed by atoms with Gasteiger partial charge in [0.15, 0.2) is 0 Å². The second kappa shape index (κ2) is 32.4. The molecule has 4 aliphatic heterocycles. The number of hydrogen-bond donors (Lipinski definition) is 5. The van der Waals surface area contributed by atoms with Gasteiger partial charge in [-0.3, -0.25) is 4.79 Å². The molecule has 0 saturated carbocycles. The van der Waals surface area contributed by atoms with Gasteiger partial charge in [-0.05, 0) is 109 Å². The molecule has 13 nitrogen and oxygen atoms in total. The Hall–Kier alpha value is -3.65. The number of likely N-dealkylation sites (tertiary alicyclic amines) is 1. The van der Waals surface area contributed by atoms with Crippen LogP contribution >= 0.6 is 23.2 Å². The number of hydrogen-bond acceptors (Lipinski definition) is 8. The van der Waals surface area contributed by atoms with Crippen LogP contribution in [0, 0.1) is 19.8 Å².